The molecule has 0 aromatic carbocycles. The van der Waals surface area contributed by atoms with Crippen LogP contribution < -0.4 is 5.32 Å². The summed E-state index contributed by atoms with van der Waals surface area (Å²) in [5, 5.41) is 7.89. The molecular formula is C15H27N3. The van der Waals surface area contributed by atoms with Crippen molar-refractivity contribution < 1.29 is 0 Å². The molecule has 1 N–H and O–H groups in total. The molecule has 18 heavy (non-hydrogen) atoms. The summed E-state index contributed by atoms with van der Waals surface area (Å²) in [6.45, 7) is 7.55. The molecule has 0 aliphatic heterocycles. The van der Waals surface area contributed by atoms with Gasteiger partial charge in [0.15, 0.2) is 0 Å². The zero-order valence-corrected chi connectivity index (χ0v) is 11.9. The predicted molar refractivity (Wildman–Crippen MR) is 75.3 cm³/mol. The van der Waals surface area contributed by atoms with Gasteiger partial charge in [0.2, 0.25) is 0 Å². The van der Waals surface area contributed by atoms with Crippen LogP contribution in [0, 0.1) is 11.8 Å². The fourth-order valence-corrected chi connectivity index (χ4v) is 2.94. The normalized spacial score (nSPS) is 24.3. The van der Waals surface area contributed by atoms with E-state index in [1.165, 1.54) is 44.2 Å². The lowest BCUT2D eigenvalue weighted by Crippen LogP contribution is -2.26. The van der Waals surface area contributed by atoms with Gasteiger partial charge in [-0.3, -0.25) is 4.68 Å². The second kappa shape index (κ2) is 6.93. The van der Waals surface area contributed by atoms with E-state index in [1.807, 2.05) is 10.9 Å². The van der Waals surface area contributed by atoms with Gasteiger partial charge in [0.1, 0.15) is 0 Å². The van der Waals surface area contributed by atoms with E-state index in [0.29, 0.717) is 0 Å². The molecule has 102 valence electrons. The monoisotopic (exact) mass is 249 g/mol. The Labute approximate surface area is 111 Å². The Balaban J connectivity index is 1.63. The van der Waals surface area contributed by atoms with Gasteiger partial charge in [0, 0.05) is 24.8 Å². The third-order valence-corrected chi connectivity index (χ3v) is 4.32. The highest BCUT2D eigenvalue weighted by molar-refractivity contribution is 5.03. The van der Waals surface area contributed by atoms with Crippen LogP contribution in [0.1, 0.15) is 51.5 Å². The molecule has 3 heteroatoms. The van der Waals surface area contributed by atoms with Crippen LogP contribution in [0.2, 0.25) is 0 Å². The molecule has 1 aliphatic carbocycles. The van der Waals surface area contributed by atoms with E-state index < -0.39 is 0 Å². The van der Waals surface area contributed by atoms with Gasteiger partial charge < -0.3 is 5.32 Å². The highest BCUT2D eigenvalue weighted by Crippen LogP contribution is 2.30. The molecule has 1 aliphatic rings. The molecule has 3 nitrogen and oxygen atoms in total. The Hall–Kier alpha value is -0.830. The molecule has 0 amide bonds. The van der Waals surface area contributed by atoms with Gasteiger partial charge in [-0.05, 0) is 38.1 Å². The van der Waals surface area contributed by atoms with Gasteiger partial charge in [-0.1, -0.05) is 26.2 Å². The van der Waals surface area contributed by atoms with Gasteiger partial charge in [-0.15, -0.1) is 0 Å². The highest BCUT2D eigenvalue weighted by Gasteiger charge is 2.19. The van der Waals surface area contributed by atoms with Gasteiger partial charge in [0.05, 0.1) is 6.20 Å². The molecular weight excluding hydrogens is 222 g/mol. The van der Waals surface area contributed by atoms with Gasteiger partial charge in [0.25, 0.3) is 0 Å². The van der Waals surface area contributed by atoms with Crippen molar-refractivity contribution in [2.75, 3.05) is 6.54 Å². The minimum absolute atomic E-state index is 0.897. The minimum atomic E-state index is 0.897. The molecule has 1 fully saturated rings. The van der Waals surface area contributed by atoms with Crippen molar-refractivity contribution in [3.05, 3.63) is 18.0 Å². The zero-order chi connectivity index (χ0) is 12.8. The third kappa shape index (κ3) is 3.84. The lowest BCUT2D eigenvalue weighted by molar-refractivity contribution is 0.262. The maximum absolute atomic E-state index is 4.30. The smallest absolute Gasteiger partial charge is 0.0534 e. The van der Waals surface area contributed by atoms with E-state index in [0.717, 1.165) is 24.9 Å². The highest BCUT2D eigenvalue weighted by atomic mass is 15.3. The quantitative estimate of drug-likeness (QED) is 0.839. The molecule has 0 radical (unpaired) electrons. The fraction of sp³-hybridized carbons (Fsp3) is 0.800. The number of aromatic nitrogens is 2. The van der Waals surface area contributed by atoms with Crippen molar-refractivity contribution in [3.63, 3.8) is 0 Å². The first-order chi connectivity index (χ1) is 8.81. The number of rotatable bonds is 6. The molecule has 0 atom stereocenters. The number of aryl methyl sites for hydroxylation is 1. The molecule has 0 bridgehead atoms. The summed E-state index contributed by atoms with van der Waals surface area (Å²) in [5.41, 5.74) is 1.30. The first kappa shape index (κ1) is 13.6. The van der Waals surface area contributed by atoms with Crippen LogP contribution in [0.25, 0.3) is 0 Å². The van der Waals surface area contributed by atoms with Crippen molar-refractivity contribution in [1.82, 2.24) is 15.1 Å². The summed E-state index contributed by atoms with van der Waals surface area (Å²) in [6.07, 6.45) is 11.2. The first-order valence-electron chi connectivity index (χ1n) is 7.53. The van der Waals surface area contributed by atoms with Crippen molar-refractivity contribution in [2.45, 2.75) is 59.0 Å². The molecule has 0 saturated heterocycles. The molecule has 1 heterocycles. The van der Waals surface area contributed by atoms with Crippen molar-refractivity contribution in [2.24, 2.45) is 11.8 Å². The standard InChI is InChI=1S/C15H27N3/c1-3-13-5-7-14(8-6-13)9-16-10-15-11-17-18(4-2)12-15/h11-14,16H,3-10H2,1-2H3. The lowest BCUT2D eigenvalue weighted by atomic mass is 9.81. The van der Waals surface area contributed by atoms with Crippen LogP contribution in [0.4, 0.5) is 0 Å². The number of hydrogen-bond donors (Lipinski definition) is 1. The van der Waals surface area contributed by atoms with Crippen molar-refractivity contribution >= 4 is 0 Å². The topological polar surface area (TPSA) is 29.9 Å². The van der Waals surface area contributed by atoms with E-state index in [4.69, 9.17) is 0 Å². The Morgan fingerprint density at radius 2 is 1.94 bits per heavy atom. The lowest BCUT2D eigenvalue weighted by Gasteiger charge is -2.27. The number of hydrogen-bond acceptors (Lipinski definition) is 2. The average Bonchev–Trinajstić information content (AvgIpc) is 2.87. The second-order valence-corrected chi connectivity index (χ2v) is 5.63. The third-order valence-electron chi connectivity index (χ3n) is 4.32. The molecule has 0 spiro atoms. The average molecular weight is 249 g/mol. The Morgan fingerprint density at radius 1 is 1.22 bits per heavy atom. The second-order valence-electron chi connectivity index (χ2n) is 5.63. The molecule has 1 aromatic heterocycles. The van der Waals surface area contributed by atoms with E-state index in [1.54, 1.807) is 0 Å². The van der Waals surface area contributed by atoms with Crippen LogP contribution in [-0.4, -0.2) is 16.3 Å². The van der Waals surface area contributed by atoms with E-state index >= 15 is 0 Å². The maximum atomic E-state index is 4.30. The minimum Gasteiger partial charge on any atom is -0.312 e. The Kier molecular flexibility index (Phi) is 5.24. The zero-order valence-electron chi connectivity index (χ0n) is 11.9. The summed E-state index contributed by atoms with van der Waals surface area (Å²) >= 11 is 0. The summed E-state index contributed by atoms with van der Waals surface area (Å²) in [6, 6.07) is 0. The van der Waals surface area contributed by atoms with Crippen LogP contribution in [-0.2, 0) is 13.1 Å². The maximum Gasteiger partial charge on any atom is 0.0534 e. The Bertz CT molecular complexity index is 337. The van der Waals surface area contributed by atoms with Crippen molar-refractivity contribution in [3.8, 4) is 0 Å². The van der Waals surface area contributed by atoms with E-state index in [-0.39, 0.29) is 0 Å². The SMILES string of the molecule is CCC1CCC(CNCc2cnn(CC)c2)CC1. The molecule has 2 rings (SSSR count). The van der Waals surface area contributed by atoms with Gasteiger partial charge in [-0.25, -0.2) is 0 Å². The van der Waals surface area contributed by atoms with E-state index in [9.17, 15) is 0 Å². The summed E-state index contributed by atoms with van der Waals surface area (Å²) in [7, 11) is 0. The number of nitrogens with one attached hydrogen (secondary N) is 1. The first-order valence-corrected chi connectivity index (χ1v) is 7.53. The van der Waals surface area contributed by atoms with Gasteiger partial charge >= 0.3 is 0 Å². The van der Waals surface area contributed by atoms with Crippen LogP contribution in [0.15, 0.2) is 12.4 Å². The van der Waals surface area contributed by atoms with Crippen LogP contribution in [0.3, 0.4) is 0 Å². The summed E-state index contributed by atoms with van der Waals surface area (Å²) in [4.78, 5) is 0. The van der Waals surface area contributed by atoms with Crippen LogP contribution in [0.5, 0.6) is 0 Å². The van der Waals surface area contributed by atoms with Crippen LogP contribution >= 0.6 is 0 Å². The predicted octanol–water partition coefficient (Wildman–Crippen LogP) is 3.21. The van der Waals surface area contributed by atoms with E-state index in [2.05, 4.69) is 30.5 Å². The summed E-state index contributed by atoms with van der Waals surface area (Å²) < 4.78 is 1.99. The van der Waals surface area contributed by atoms with Gasteiger partial charge in [-0.2, -0.15) is 5.10 Å². The van der Waals surface area contributed by atoms with Crippen molar-refractivity contribution in [1.29, 1.82) is 0 Å². The molecule has 0 unspecified atom stereocenters. The number of nitrogens with zero attached hydrogens (tertiary/aromatic N) is 2. The summed E-state index contributed by atoms with van der Waals surface area (Å²) in [5.74, 6) is 1.90. The molecule has 1 saturated carbocycles. The molecule has 1 aromatic rings. The fourth-order valence-electron chi connectivity index (χ4n) is 2.94. The Morgan fingerprint density at radius 3 is 2.56 bits per heavy atom. The largest absolute Gasteiger partial charge is 0.312 e.